The summed E-state index contributed by atoms with van der Waals surface area (Å²) in [6.07, 6.45) is 2.58. The second kappa shape index (κ2) is 9.75. The number of aromatic nitrogens is 4. The number of hydrogen-bond acceptors (Lipinski definition) is 9. The molecule has 3 heterocycles. The molecule has 1 aromatic carbocycles. The lowest BCUT2D eigenvalue weighted by atomic mass is 9.99. The molecule has 1 aliphatic heterocycles. The lowest BCUT2D eigenvalue weighted by Crippen LogP contribution is -2.26. The van der Waals surface area contributed by atoms with Gasteiger partial charge in [0.15, 0.2) is 5.82 Å². The van der Waals surface area contributed by atoms with Crippen LogP contribution in [0.3, 0.4) is 0 Å². The molecule has 4 rings (SSSR count). The number of nitrogens with one attached hydrogen (secondary N) is 2. The summed E-state index contributed by atoms with van der Waals surface area (Å²) in [6.45, 7) is 1.82. The van der Waals surface area contributed by atoms with Crippen molar-refractivity contribution in [1.82, 2.24) is 20.4 Å². The Morgan fingerprint density at radius 2 is 2.06 bits per heavy atom. The molecule has 2 atom stereocenters. The summed E-state index contributed by atoms with van der Waals surface area (Å²) in [6, 6.07) is 9.80. The summed E-state index contributed by atoms with van der Waals surface area (Å²) in [4.78, 5) is 14.9. The Hall–Kier alpha value is -3.18. The number of halogens is 1. The number of amides is 1. The van der Waals surface area contributed by atoms with Gasteiger partial charge in [0.1, 0.15) is 5.82 Å². The molecule has 1 fully saturated rings. The molecule has 2 N–H and O–H groups in total. The zero-order valence-electron chi connectivity index (χ0n) is 16.9. The van der Waals surface area contributed by atoms with Crippen molar-refractivity contribution < 1.29 is 13.9 Å². The molecule has 0 saturated carbocycles. The highest BCUT2D eigenvalue weighted by atomic mass is 32.1. The van der Waals surface area contributed by atoms with Crippen LogP contribution in [0.2, 0.25) is 0 Å². The van der Waals surface area contributed by atoms with Gasteiger partial charge in [0.05, 0.1) is 12.5 Å². The Kier molecular flexibility index (Phi) is 6.63. The van der Waals surface area contributed by atoms with Gasteiger partial charge < -0.3 is 15.0 Å². The van der Waals surface area contributed by atoms with Crippen molar-refractivity contribution in [3.8, 4) is 0 Å². The van der Waals surface area contributed by atoms with E-state index in [1.807, 2.05) is 12.1 Å². The number of ether oxygens (including phenoxy) is 1. The van der Waals surface area contributed by atoms with Crippen LogP contribution in [0.1, 0.15) is 17.9 Å². The maximum atomic E-state index is 13.2. The zero-order valence-corrected chi connectivity index (χ0v) is 17.7. The van der Waals surface area contributed by atoms with Crippen LogP contribution < -0.4 is 15.5 Å². The Morgan fingerprint density at radius 1 is 1.26 bits per heavy atom. The van der Waals surface area contributed by atoms with Crippen LogP contribution in [0, 0.1) is 5.82 Å². The van der Waals surface area contributed by atoms with Crippen LogP contribution in [0.5, 0.6) is 0 Å². The highest BCUT2D eigenvalue weighted by Crippen LogP contribution is 2.26. The summed E-state index contributed by atoms with van der Waals surface area (Å²) >= 11 is 1.27. The smallest absolute Gasteiger partial charge is 0.236 e. The lowest BCUT2D eigenvalue weighted by Gasteiger charge is -2.16. The number of carbonyl (C=O) groups is 1. The monoisotopic (exact) mass is 443 g/mol. The van der Waals surface area contributed by atoms with E-state index >= 15 is 0 Å². The van der Waals surface area contributed by atoms with Crippen molar-refractivity contribution in [1.29, 1.82) is 0 Å². The third-order valence-electron chi connectivity index (χ3n) is 4.98. The van der Waals surface area contributed by atoms with Crippen molar-refractivity contribution in [3.05, 3.63) is 54.0 Å². The predicted molar refractivity (Wildman–Crippen MR) is 116 cm³/mol. The third-order valence-corrected chi connectivity index (χ3v) is 5.75. The fourth-order valence-corrected chi connectivity index (χ4v) is 4.16. The summed E-state index contributed by atoms with van der Waals surface area (Å²) in [5.74, 6) is -0.376. The van der Waals surface area contributed by atoms with E-state index in [2.05, 4.69) is 35.9 Å². The predicted octanol–water partition coefficient (Wildman–Crippen LogP) is 2.53. The highest BCUT2D eigenvalue weighted by molar-refractivity contribution is 7.19. The molecule has 1 saturated heterocycles. The molecule has 2 aromatic heterocycles. The van der Waals surface area contributed by atoms with Gasteiger partial charge in [-0.1, -0.05) is 23.5 Å². The highest BCUT2D eigenvalue weighted by Gasteiger charge is 2.25. The molecule has 31 heavy (non-hydrogen) atoms. The van der Waals surface area contributed by atoms with Gasteiger partial charge in [-0.05, 0) is 36.2 Å². The van der Waals surface area contributed by atoms with E-state index in [1.165, 1.54) is 30.6 Å². The molecule has 9 nitrogen and oxygen atoms in total. The fourth-order valence-electron chi connectivity index (χ4n) is 3.43. The first-order valence-electron chi connectivity index (χ1n) is 9.80. The molecule has 11 heteroatoms. The van der Waals surface area contributed by atoms with Gasteiger partial charge in [-0.2, -0.15) is 5.10 Å². The van der Waals surface area contributed by atoms with Crippen LogP contribution in [0.4, 0.5) is 20.5 Å². The Morgan fingerprint density at radius 3 is 2.81 bits per heavy atom. The number of hydrogen-bond donors (Lipinski definition) is 2. The Labute approximate surface area is 182 Å². The first kappa shape index (κ1) is 21.1. The standard InChI is InChI=1S/C20H22FN7O2S/c1-30-12-16(13-4-6-14(21)7-5-13)18(29)24-20-27-26-19(31-20)23-15-8-10-28(11-15)17-3-2-9-22-25-17/h2-7,9,15-16H,8,10-12H2,1H3,(H,23,26)(H,24,27,29)/t15-,16-/m1/s1. The molecule has 0 aliphatic carbocycles. The molecule has 0 unspecified atom stereocenters. The van der Waals surface area contributed by atoms with Crippen molar-refractivity contribution >= 4 is 33.3 Å². The maximum absolute atomic E-state index is 13.2. The lowest BCUT2D eigenvalue weighted by molar-refractivity contribution is -0.118. The summed E-state index contributed by atoms with van der Waals surface area (Å²) in [7, 11) is 1.52. The normalized spacial score (nSPS) is 16.8. The average Bonchev–Trinajstić information content (AvgIpc) is 3.43. The van der Waals surface area contributed by atoms with Gasteiger partial charge in [-0.15, -0.1) is 15.3 Å². The molecule has 0 spiro atoms. The second-order valence-electron chi connectivity index (χ2n) is 7.12. The molecular formula is C20H22FN7O2S. The van der Waals surface area contributed by atoms with Crippen LogP contribution >= 0.6 is 11.3 Å². The van der Waals surface area contributed by atoms with E-state index < -0.39 is 5.92 Å². The van der Waals surface area contributed by atoms with Gasteiger partial charge in [-0.25, -0.2) is 4.39 Å². The van der Waals surface area contributed by atoms with Gasteiger partial charge >= 0.3 is 0 Å². The third kappa shape index (κ3) is 5.30. The van der Waals surface area contributed by atoms with Crippen LogP contribution in [0.25, 0.3) is 0 Å². The number of anilines is 3. The fraction of sp³-hybridized carbons (Fsp3) is 0.350. The molecule has 0 radical (unpaired) electrons. The van der Waals surface area contributed by atoms with Crippen LogP contribution in [0.15, 0.2) is 42.6 Å². The van der Waals surface area contributed by atoms with Gasteiger partial charge in [0.2, 0.25) is 16.2 Å². The van der Waals surface area contributed by atoms with Crippen molar-refractivity contribution in [2.75, 3.05) is 42.3 Å². The number of nitrogens with zero attached hydrogens (tertiary/aromatic N) is 5. The van der Waals surface area contributed by atoms with Crippen molar-refractivity contribution in [2.45, 2.75) is 18.4 Å². The molecule has 1 aliphatic rings. The van der Waals surface area contributed by atoms with E-state index in [-0.39, 0.29) is 24.4 Å². The first-order chi connectivity index (χ1) is 15.1. The van der Waals surface area contributed by atoms with Crippen LogP contribution in [-0.4, -0.2) is 59.1 Å². The minimum Gasteiger partial charge on any atom is -0.384 e. The topological polar surface area (TPSA) is 105 Å². The molecule has 162 valence electrons. The van der Waals surface area contributed by atoms with Crippen molar-refractivity contribution in [2.24, 2.45) is 0 Å². The molecule has 3 aromatic rings. The SMILES string of the molecule is COC[C@@H](C(=O)Nc1nnc(N[C@@H]2CCN(c3cccnn3)C2)s1)c1ccc(F)cc1. The van der Waals surface area contributed by atoms with E-state index in [4.69, 9.17) is 4.74 Å². The second-order valence-corrected chi connectivity index (χ2v) is 8.10. The summed E-state index contributed by atoms with van der Waals surface area (Å²) in [5.41, 5.74) is 0.665. The van der Waals surface area contributed by atoms with Crippen LogP contribution in [-0.2, 0) is 9.53 Å². The molecular weight excluding hydrogens is 421 g/mol. The average molecular weight is 444 g/mol. The van der Waals surface area contributed by atoms with E-state index in [9.17, 15) is 9.18 Å². The van der Waals surface area contributed by atoms with Crippen molar-refractivity contribution in [3.63, 3.8) is 0 Å². The minimum atomic E-state index is -0.582. The van der Waals surface area contributed by atoms with E-state index in [0.29, 0.717) is 15.8 Å². The van der Waals surface area contributed by atoms with Gasteiger partial charge in [0, 0.05) is 32.4 Å². The van der Waals surface area contributed by atoms with E-state index in [0.717, 1.165) is 25.3 Å². The molecule has 1 amide bonds. The Bertz CT molecular complexity index is 1000. The number of benzene rings is 1. The number of methoxy groups -OCH3 is 1. The largest absolute Gasteiger partial charge is 0.384 e. The van der Waals surface area contributed by atoms with E-state index in [1.54, 1.807) is 18.3 Å². The number of rotatable bonds is 8. The maximum Gasteiger partial charge on any atom is 0.236 e. The summed E-state index contributed by atoms with van der Waals surface area (Å²) < 4.78 is 18.4. The minimum absolute atomic E-state index is 0.168. The quantitative estimate of drug-likeness (QED) is 0.547. The summed E-state index contributed by atoms with van der Waals surface area (Å²) in [5, 5.41) is 23.4. The molecule has 0 bridgehead atoms. The van der Waals surface area contributed by atoms with Gasteiger partial charge in [0.25, 0.3) is 0 Å². The van der Waals surface area contributed by atoms with Gasteiger partial charge in [-0.3, -0.25) is 10.1 Å². The Balaban J connectivity index is 1.35. The first-order valence-corrected chi connectivity index (χ1v) is 10.6. The zero-order chi connectivity index (χ0) is 21.6. The number of carbonyl (C=O) groups excluding carboxylic acids is 1.